The summed E-state index contributed by atoms with van der Waals surface area (Å²) < 4.78 is 4.65. The van der Waals surface area contributed by atoms with Crippen molar-refractivity contribution in [1.29, 1.82) is 0 Å². The summed E-state index contributed by atoms with van der Waals surface area (Å²) in [5.74, 6) is 0.614. The molecule has 2 aliphatic heterocycles. The number of nitrogens with one attached hydrogen (secondary N) is 1. The zero-order valence-corrected chi connectivity index (χ0v) is 23.6. The third kappa shape index (κ3) is 9.12. The van der Waals surface area contributed by atoms with Crippen molar-refractivity contribution < 1.29 is 24.2 Å². The Balaban J connectivity index is 1.57. The highest BCUT2D eigenvalue weighted by Gasteiger charge is 2.47. The summed E-state index contributed by atoms with van der Waals surface area (Å²) in [6, 6.07) is -1.24. The molecule has 2 heterocycles. The van der Waals surface area contributed by atoms with Crippen molar-refractivity contribution >= 4 is 35.4 Å². The highest BCUT2D eigenvalue weighted by Crippen LogP contribution is 2.42. The summed E-state index contributed by atoms with van der Waals surface area (Å²) in [5, 5.41) is 14.4. The number of carbonyl (C=O) groups is 3. The van der Waals surface area contributed by atoms with E-state index in [1.54, 1.807) is 11.8 Å². The van der Waals surface area contributed by atoms with E-state index in [9.17, 15) is 19.5 Å². The number of fused-ring (bicyclic) bond motifs is 1. The largest absolute Gasteiger partial charge is 0.469 e. The molecule has 3 rings (SSSR count). The molecule has 4 unspecified atom stereocenters. The molecule has 1 aliphatic carbocycles. The van der Waals surface area contributed by atoms with Gasteiger partial charge < -0.3 is 26.6 Å². The normalized spacial score (nSPS) is 26.8. The number of aliphatic imine (C=N–C) groups is 1. The van der Waals surface area contributed by atoms with Gasteiger partial charge in [0, 0.05) is 18.7 Å². The minimum atomic E-state index is -0.751. The molecule has 38 heavy (non-hydrogen) atoms. The molecule has 216 valence electrons. The minimum absolute atomic E-state index is 0.0165. The number of Topliss-reactive ketones (excluding diaryl/α,β-unsaturated/α-hetero) is 1. The molecule has 11 heteroatoms. The third-order valence-electron chi connectivity index (χ3n) is 8.32. The van der Waals surface area contributed by atoms with Gasteiger partial charge in [0.2, 0.25) is 5.91 Å². The van der Waals surface area contributed by atoms with Gasteiger partial charge in [0.25, 0.3) is 0 Å². The number of ketones is 1. The number of nitrogens with two attached hydrogens (primary N) is 2. The van der Waals surface area contributed by atoms with Gasteiger partial charge >= 0.3 is 5.97 Å². The van der Waals surface area contributed by atoms with Crippen LogP contribution < -0.4 is 16.8 Å². The zero-order valence-electron chi connectivity index (χ0n) is 22.8. The summed E-state index contributed by atoms with van der Waals surface area (Å²) in [4.78, 5) is 43.8. The summed E-state index contributed by atoms with van der Waals surface area (Å²) >= 11 is 1.71. The van der Waals surface area contributed by atoms with E-state index in [1.807, 2.05) is 4.90 Å². The van der Waals surface area contributed by atoms with E-state index in [-0.39, 0.29) is 41.8 Å². The Morgan fingerprint density at radius 1 is 1.08 bits per heavy atom. The molecule has 0 aromatic rings. The summed E-state index contributed by atoms with van der Waals surface area (Å²) in [6.45, 7) is 0.341. The average molecular weight is 554 g/mol. The highest BCUT2D eigenvalue weighted by molar-refractivity contribution is 8.00. The SMILES string of the molecule is COC(=O)CCC(=O)C(CCCN=C(N)N)NC(=O)[C@@H]1CSC2CCC(CCCC3CCCCC3)C(O)N21. The molecule has 1 amide bonds. The van der Waals surface area contributed by atoms with Crippen LogP contribution in [0.1, 0.15) is 89.9 Å². The molecule has 0 spiro atoms. The molecule has 2 saturated heterocycles. The van der Waals surface area contributed by atoms with E-state index in [0.29, 0.717) is 25.1 Å². The van der Waals surface area contributed by atoms with E-state index in [2.05, 4.69) is 15.0 Å². The van der Waals surface area contributed by atoms with Crippen molar-refractivity contribution in [2.24, 2.45) is 28.3 Å². The molecule has 6 N–H and O–H groups in total. The molecule has 5 atom stereocenters. The van der Waals surface area contributed by atoms with Gasteiger partial charge in [0.15, 0.2) is 11.7 Å². The maximum atomic E-state index is 13.4. The number of hydrogen-bond donors (Lipinski definition) is 4. The van der Waals surface area contributed by atoms with Gasteiger partial charge in [0.05, 0.1) is 24.9 Å². The first-order chi connectivity index (χ1) is 18.3. The van der Waals surface area contributed by atoms with Gasteiger partial charge in [-0.3, -0.25) is 24.3 Å². The summed E-state index contributed by atoms with van der Waals surface area (Å²) in [7, 11) is 1.28. The Morgan fingerprint density at radius 3 is 2.55 bits per heavy atom. The molecule has 0 aromatic heterocycles. The highest BCUT2D eigenvalue weighted by atomic mass is 32.2. The second kappa shape index (κ2) is 15.7. The smallest absolute Gasteiger partial charge is 0.305 e. The number of hydrogen-bond acceptors (Lipinski definition) is 8. The monoisotopic (exact) mass is 553 g/mol. The number of thioether (sulfide) groups is 1. The van der Waals surface area contributed by atoms with Crippen molar-refractivity contribution in [3.63, 3.8) is 0 Å². The number of carbonyl (C=O) groups excluding carboxylic acids is 3. The lowest BCUT2D eigenvalue weighted by atomic mass is 9.83. The van der Waals surface area contributed by atoms with E-state index in [0.717, 1.165) is 31.6 Å². The number of guanidine groups is 1. The van der Waals surface area contributed by atoms with E-state index >= 15 is 0 Å². The van der Waals surface area contributed by atoms with Gasteiger partial charge in [-0.15, -0.1) is 11.8 Å². The fourth-order valence-corrected chi connectivity index (χ4v) is 7.62. The molecular formula is C27H47N5O5S. The first kappa shape index (κ1) is 30.7. The van der Waals surface area contributed by atoms with Crippen LogP contribution in [0.15, 0.2) is 4.99 Å². The molecule has 3 fully saturated rings. The van der Waals surface area contributed by atoms with Gasteiger partial charge in [-0.2, -0.15) is 0 Å². The number of methoxy groups -OCH3 is 1. The van der Waals surface area contributed by atoms with Crippen LogP contribution in [0, 0.1) is 11.8 Å². The average Bonchev–Trinajstić information content (AvgIpc) is 3.35. The van der Waals surface area contributed by atoms with Crippen molar-refractivity contribution in [2.75, 3.05) is 19.4 Å². The molecule has 0 aromatic carbocycles. The molecule has 0 bridgehead atoms. The number of aliphatic hydroxyl groups excluding tert-OH is 1. The van der Waals surface area contributed by atoms with Gasteiger partial charge in [-0.25, -0.2) is 0 Å². The van der Waals surface area contributed by atoms with E-state index < -0.39 is 24.3 Å². The number of esters is 1. The lowest BCUT2D eigenvalue weighted by Gasteiger charge is -2.42. The Labute approximate surface area is 231 Å². The van der Waals surface area contributed by atoms with Crippen LogP contribution >= 0.6 is 11.8 Å². The first-order valence-electron chi connectivity index (χ1n) is 14.3. The third-order valence-corrected chi connectivity index (χ3v) is 9.69. The lowest BCUT2D eigenvalue weighted by Crippen LogP contribution is -2.57. The van der Waals surface area contributed by atoms with Crippen LogP contribution in [0.2, 0.25) is 0 Å². The lowest BCUT2D eigenvalue weighted by molar-refractivity contribution is -0.142. The maximum Gasteiger partial charge on any atom is 0.305 e. The number of nitrogens with zero attached hydrogens (tertiary/aromatic N) is 2. The number of ether oxygens (including phenoxy) is 1. The Hall–Kier alpha value is -1.85. The standard InChI is InChI=1S/C27H47N5O5S/c1-37-24(34)15-13-22(33)20(11-6-16-30-27(28)29)31-25(35)21-17-38-23-14-12-19(26(36)32(21)23)10-5-9-18-7-3-2-4-8-18/h18-21,23,26,36H,2-17H2,1H3,(H,31,35)(H4,28,29,30)/t19?,20?,21-,23?,26?/m0/s1. The van der Waals surface area contributed by atoms with Crippen LogP contribution in [-0.2, 0) is 19.1 Å². The predicted molar refractivity (Wildman–Crippen MR) is 149 cm³/mol. The summed E-state index contributed by atoms with van der Waals surface area (Å²) in [6.07, 6.45) is 12.2. The molecule has 0 radical (unpaired) electrons. The Bertz CT molecular complexity index is 818. The Kier molecular flexibility index (Phi) is 12.7. The van der Waals surface area contributed by atoms with E-state index in [1.165, 1.54) is 45.6 Å². The van der Waals surface area contributed by atoms with Crippen molar-refractivity contribution in [2.45, 2.75) is 114 Å². The maximum absolute atomic E-state index is 13.4. The van der Waals surface area contributed by atoms with Crippen molar-refractivity contribution in [3.8, 4) is 0 Å². The van der Waals surface area contributed by atoms with Gasteiger partial charge in [-0.1, -0.05) is 44.9 Å². The van der Waals surface area contributed by atoms with Gasteiger partial charge in [-0.05, 0) is 43.9 Å². The minimum Gasteiger partial charge on any atom is -0.469 e. The number of aliphatic hydroxyl groups is 1. The molecule has 10 nitrogen and oxygen atoms in total. The molecule has 1 saturated carbocycles. The topological polar surface area (TPSA) is 160 Å². The fraction of sp³-hybridized carbons (Fsp3) is 0.852. The second-order valence-electron chi connectivity index (χ2n) is 11.0. The van der Waals surface area contributed by atoms with Crippen LogP contribution in [0.5, 0.6) is 0 Å². The fourth-order valence-electron chi connectivity index (χ4n) is 6.15. The van der Waals surface area contributed by atoms with Crippen LogP contribution in [0.25, 0.3) is 0 Å². The zero-order chi connectivity index (χ0) is 27.5. The van der Waals surface area contributed by atoms with E-state index in [4.69, 9.17) is 11.5 Å². The van der Waals surface area contributed by atoms with Crippen molar-refractivity contribution in [3.05, 3.63) is 0 Å². The van der Waals surface area contributed by atoms with Gasteiger partial charge in [0.1, 0.15) is 12.3 Å². The quantitative estimate of drug-likeness (QED) is 0.109. The Morgan fingerprint density at radius 2 is 1.84 bits per heavy atom. The molecular weight excluding hydrogens is 506 g/mol. The summed E-state index contributed by atoms with van der Waals surface area (Å²) in [5.41, 5.74) is 10.8. The number of amides is 1. The molecule has 3 aliphatic rings. The van der Waals surface area contributed by atoms with Crippen molar-refractivity contribution in [1.82, 2.24) is 10.2 Å². The predicted octanol–water partition coefficient (Wildman–Crippen LogP) is 2.27. The van der Waals surface area contributed by atoms with Crippen LogP contribution in [0.4, 0.5) is 0 Å². The number of piperidine rings is 1. The second-order valence-corrected chi connectivity index (χ2v) is 12.2. The number of rotatable bonds is 14. The first-order valence-corrected chi connectivity index (χ1v) is 15.4. The van der Waals surface area contributed by atoms with Crippen LogP contribution in [0.3, 0.4) is 0 Å². The van der Waals surface area contributed by atoms with Crippen LogP contribution in [-0.4, -0.2) is 76.7 Å².